The van der Waals surface area contributed by atoms with E-state index in [1.165, 1.54) is 0 Å². The highest BCUT2D eigenvalue weighted by molar-refractivity contribution is 6.30. The maximum absolute atomic E-state index is 13.3. The van der Waals surface area contributed by atoms with E-state index in [0.717, 1.165) is 39.0 Å². The molecule has 9 heteroatoms. The van der Waals surface area contributed by atoms with Crippen molar-refractivity contribution in [2.24, 2.45) is 5.41 Å². The normalized spacial score (nSPS) is 21.5. The summed E-state index contributed by atoms with van der Waals surface area (Å²) in [5.41, 5.74) is -0.425. The predicted octanol–water partition coefficient (Wildman–Crippen LogP) is 2.78. The van der Waals surface area contributed by atoms with Gasteiger partial charge in [-0.3, -0.25) is 9.59 Å². The van der Waals surface area contributed by atoms with E-state index in [0.29, 0.717) is 49.9 Å². The molecule has 0 saturated carbocycles. The van der Waals surface area contributed by atoms with Crippen LogP contribution in [0.25, 0.3) is 0 Å². The van der Waals surface area contributed by atoms with Crippen LogP contribution < -0.4 is 4.74 Å². The van der Waals surface area contributed by atoms with Gasteiger partial charge in [0.1, 0.15) is 5.75 Å². The molecule has 3 heterocycles. The fraction of sp³-hybridized carbons (Fsp3) is 0.560. The third-order valence-corrected chi connectivity index (χ3v) is 7.12. The van der Waals surface area contributed by atoms with Crippen molar-refractivity contribution in [1.82, 2.24) is 24.3 Å². The van der Waals surface area contributed by atoms with Gasteiger partial charge in [-0.05, 0) is 38.1 Å². The molecule has 0 spiro atoms. The quantitative estimate of drug-likeness (QED) is 0.572. The van der Waals surface area contributed by atoms with Crippen LogP contribution in [0.1, 0.15) is 25.7 Å². The number of imidazole rings is 1. The number of rotatable bonds is 8. The predicted molar refractivity (Wildman–Crippen MR) is 131 cm³/mol. The summed E-state index contributed by atoms with van der Waals surface area (Å²) in [5.74, 6) is 0.936. The minimum absolute atomic E-state index is 0.104. The summed E-state index contributed by atoms with van der Waals surface area (Å²) < 4.78 is 8.08. The number of nitrogens with zero attached hydrogens (tertiary/aromatic N) is 5. The first kappa shape index (κ1) is 24.5. The molecule has 2 aliphatic rings. The number of aryl methyl sites for hydroxylation is 1. The van der Waals surface area contributed by atoms with Gasteiger partial charge in [0, 0.05) is 81.5 Å². The Bertz CT molecular complexity index is 961. The first-order chi connectivity index (χ1) is 16.4. The van der Waals surface area contributed by atoms with Gasteiger partial charge in [0.15, 0.2) is 0 Å². The summed E-state index contributed by atoms with van der Waals surface area (Å²) in [7, 11) is 2.08. The van der Waals surface area contributed by atoms with E-state index in [2.05, 4.69) is 16.9 Å². The molecular weight excluding hydrogens is 454 g/mol. The summed E-state index contributed by atoms with van der Waals surface area (Å²) in [5, 5.41) is 0.611. The molecule has 34 heavy (non-hydrogen) atoms. The number of halogens is 1. The number of carbonyl (C=O) groups excluding carboxylic acids is 2. The Morgan fingerprint density at radius 3 is 2.68 bits per heavy atom. The smallest absolute Gasteiger partial charge is 0.224 e. The van der Waals surface area contributed by atoms with Gasteiger partial charge < -0.3 is 24.0 Å². The first-order valence-electron chi connectivity index (χ1n) is 12.0. The fourth-order valence-electron chi connectivity index (χ4n) is 4.82. The van der Waals surface area contributed by atoms with Crippen molar-refractivity contribution in [3.05, 3.63) is 48.0 Å². The number of aromatic nitrogens is 2. The minimum atomic E-state index is -0.425. The summed E-state index contributed by atoms with van der Waals surface area (Å²) in [6, 6.07) is 7.32. The fourth-order valence-corrected chi connectivity index (χ4v) is 5.00. The average Bonchev–Trinajstić information content (AvgIpc) is 3.36. The summed E-state index contributed by atoms with van der Waals surface area (Å²) in [6.45, 7) is 5.47. The van der Waals surface area contributed by atoms with Crippen LogP contribution in [0.15, 0.2) is 43.0 Å². The zero-order chi connectivity index (χ0) is 24.0. The summed E-state index contributed by atoms with van der Waals surface area (Å²) >= 11 is 6.14. The zero-order valence-electron chi connectivity index (χ0n) is 19.9. The van der Waals surface area contributed by atoms with Crippen LogP contribution >= 0.6 is 11.6 Å². The average molecular weight is 488 g/mol. The van der Waals surface area contributed by atoms with Crippen molar-refractivity contribution in [3.8, 4) is 5.75 Å². The van der Waals surface area contributed by atoms with Crippen molar-refractivity contribution in [3.63, 3.8) is 0 Å². The number of hydrogen-bond acceptors (Lipinski definition) is 5. The lowest BCUT2D eigenvalue weighted by Crippen LogP contribution is -2.53. The maximum Gasteiger partial charge on any atom is 0.224 e. The third kappa shape index (κ3) is 6.51. The second-order valence-corrected chi connectivity index (χ2v) is 10.0. The largest absolute Gasteiger partial charge is 0.493 e. The van der Waals surface area contributed by atoms with Crippen LogP contribution in [0, 0.1) is 5.41 Å². The third-order valence-electron chi connectivity index (χ3n) is 6.88. The van der Waals surface area contributed by atoms with Gasteiger partial charge in [0.25, 0.3) is 0 Å². The van der Waals surface area contributed by atoms with E-state index in [1.54, 1.807) is 18.6 Å². The molecule has 0 aliphatic carbocycles. The van der Waals surface area contributed by atoms with Gasteiger partial charge in [0.05, 0.1) is 12.9 Å². The van der Waals surface area contributed by atoms with Crippen molar-refractivity contribution in [1.29, 1.82) is 0 Å². The summed E-state index contributed by atoms with van der Waals surface area (Å²) in [4.78, 5) is 36.5. The van der Waals surface area contributed by atoms with Crippen molar-refractivity contribution < 1.29 is 14.3 Å². The molecule has 0 N–H and O–H groups in total. The highest BCUT2D eigenvalue weighted by Crippen LogP contribution is 2.36. The molecule has 0 radical (unpaired) electrons. The number of likely N-dealkylation sites (N-methyl/N-ethyl adjacent to an activating group) is 1. The first-order valence-corrected chi connectivity index (χ1v) is 12.4. The van der Waals surface area contributed by atoms with E-state index in [1.807, 2.05) is 38.8 Å². The lowest BCUT2D eigenvalue weighted by atomic mass is 9.77. The second kappa shape index (κ2) is 11.2. The van der Waals surface area contributed by atoms with Gasteiger partial charge in [0.2, 0.25) is 11.8 Å². The number of likely N-dealkylation sites (tertiary alicyclic amines) is 1. The van der Waals surface area contributed by atoms with Gasteiger partial charge in [-0.25, -0.2) is 4.98 Å². The molecule has 0 bridgehead atoms. The Balaban J connectivity index is 1.45. The van der Waals surface area contributed by atoms with Crippen molar-refractivity contribution in [2.75, 3.05) is 52.9 Å². The maximum atomic E-state index is 13.3. The van der Waals surface area contributed by atoms with E-state index in [4.69, 9.17) is 16.3 Å². The number of piperidine rings is 1. The van der Waals surface area contributed by atoms with Gasteiger partial charge in [-0.1, -0.05) is 17.7 Å². The van der Waals surface area contributed by atoms with Gasteiger partial charge in [-0.2, -0.15) is 0 Å². The number of hydrogen-bond donors (Lipinski definition) is 0. The molecule has 2 amide bonds. The van der Waals surface area contributed by atoms with Crippen LogP contribution in [0.2, 0.25) is 5.02 Å². The number of amides is 2. The highest BCUT2D eigenvalue weighted by atomic mass is 35.5. The highest BCUT2D eigenvalue weighted by Gasteiger charge is 2.41. The second-order valence-electron chi connectivity index (χ2n) is 9.58. The minimum Gasteiger partial charge on any atom is -0.493 e. The lowest BCUT2D eigenvalue weighted by molar-refractivity contribution is -0.142. The molecule has 1 atom stereocenters. The van der Waals surface area contributed by atoms with Crippen LogP contribution in [0.4, 0.5) is 0 Å². The number of benzene rings is 1. The molecule has 2 saturated heterocycles. The topological polar surface area (TPSA) is 70.9 Å². The van der Waals surface area contributed by atoms with Crippen LogP contribution in [-0.2, 0) is 16.1 Å². The van der Waals surface area contributed by atoms with E-state index >= 15 is 0 Å². The molecule has 8 nitrogen and oxygen atoms in total. The Kier molecular flexibility index (Phi) is 8.11. The van der Waals surface area contributed by atoms with E-state index < -0.39 is 5.41 Å². The molecule has 184 valence electrons. The number of carbonyl (C=O) groups is 2. The number of ether oxygens (including phenoxy) is 1. The Labute approximate surface area is 206 Å². The van der Waals surface area contributed by atoms with Crippen LogP contribution in [0.3, 0.4) is 0 Å². The molecule has 2 aromatic rings. The lowest BCUT2D eigenvalue weighted by Gasteiger charge is -2.43. The van der Waals surface area contributed by atoms with E-state index in [-0.39, 0.29) is 11.8 Å². The van der Waals surface area contributed by atoms with Crippen molar-refractivity contribution in [2.45, 2.75) is 32.2 Å². The monoisotopic (exact) mass is 487 g/mol. The molecule has 0 unspecified atom stereocenters. The Morgan fingerprint density at radius 2 is 1.94 bits per heavy atom. The van der Waals surface area contributed by atoms with E-state index in [9.17, 15) is 9.59 Å². The Hall–Kier alpha value is -2.58. The number of piperazine rings is 1. The molecule has 1 aromatic heterocycles. The standard InChI is InChI=1S/C25H34ClN5O3/c1-28-12-14-30(15-13-28)24(33)17-25(19-34-22-5-2-4-21(26)16-22)7-3-9-31(18-25)23(32)6-10-29-11-8-27-20-29/h2,4-5,8,11,16,20H,3,6-7,9-10,12-15,17-19H2,1H3/t25-/m1/s1. The SMILES string of the molecule is CN1CCN(C(=O)C[C@]2(COc3cccc(Cl)c3)CCCN(C(=O)CCn3ccnc3)C2)CC1. The Morgan fingerprint density at radius 1 is 1.12 bits per heavy atom. The van der Waals surface area contributed by atoms with Crippen LogP contribution in [-0.4, -0.2) is 89.0 Å². The molecule has 2 aliphatic heterocycles. The molecule has 2 fully saturated rings. The van der Waals surface area contributed by atoms with Crippen molar-refractivity contribution >= 4 is 23.4 Å². The van der Waals surface area contributed by atoms with Gasteiger partial charge in [-0.15, -0.1) is 0 Å². The molecule has 4 rings (SSSR count). The summed E-state index contributed by atoms with van der Waals surface area (Å²) in [6.07, 6.45) is 7.79. The zero-order valence-corrected chi connectivity index (χ0v) is 20.6. The van der Waals surface area contributed by atoms with Crippen LogP contribution in [0.5, 0.6) is 5.75 Å². The molecular formula is C25H34ClN5O3. The van der Waals surface area contributed by atoms with Gasteiger partial charge >= 0.3 is 0 Å². The molecule has 1 aromatic carbocycles.